The van der Waals surface area contributed by atoms with E-state index in [0.717, 1.165) is 14.5 Å². The molecule has 0 atom stereocenters. The van der Waals surface area contributed by atoms with E-state index in [-0.39, 0.29) is 16.5 Å². The summed E-state index contributed by atoms with van der Waals surface area (Å²) in [4.78, 5) is 10.6. The first-order valence-electron chi connectivity index (χ1n) is 5.84. The molecule has 104 valence electrons. The highest BCUT2D eigenvalue weighted by molar-refractivity contribution is 9.11. The normalized spacial score (nSPS) is 11.8. The number of rotatable bonds is 5. The molecule has 4 nitrogen and oxygen atoms in total. The Morgan fingerprint density at radius 1 is 1.42 bits per heavy atom. The summed E-state index contributed by atoms with van der Waals surface area (Å²) in [5.41, 5.74) is 0.936. The van der Waals surface area contributed by atoms with Crippen LogP contribution < -0.4 is 4.74 Å². The average Bonchev–Trinajstić information content (AvgIpc) is 2.30. The molecule has 19 heavy (non-hydrogen) atoms. The maximum atomic E-state index is 11.0. The van der Waals surface area contributed by atoms with Gasteiger partial charge in [-0.15, -0.1) is 0 Å². The summed E-state index contributed by atoms with van der Waals surface area (Å²) in [5, 5.41) is 11.0. The summed E-state index contributed by atoms with van der Waals surface area (Å²) in [6.45, 7) is 6.05. The van der Waals surface area contributed by atoms with Crippen molar-refractivity contribution in [2.45, 2.75) is 20.8 Å². The van der Waals surface area contributed by atoms with Gasteiger partial charge < -0.3 is 4.74 Å². The average molecular weight is 393 g/mol. The lowest BCUT2D eigenvalue weighted by molar-refractivity contribution is -0.431. The lowest BCUT2D eigenvalue weighted by Gasteiger charge is -2.09. The zero-order valence-electron chi connectivity index (χ0n) is 10.9. The zero-order chi connectivity index (χ0) is 14.6. The van der Waals surface area contributed by atoms with E-state index in [2.05, 4.69) is 31.9 Å². The van der Waals surface area contributed by atoms with Crippen molar-refractivity contribution in [3.05, 3.63) is 42.5 Å². The summed E-state index contributed by atoms with van der Waals surface area (Å²) in [7, 11) is 0. The van der Waals surface area contributed by atoms with E-state index in [4.69, 9.17) is 4.74 Å². The van der Waals surface area contributed by atoms with Gasteiger partial charge in [-0.3, -0.25) is 10.1 Å². The number of nitro groups is 1. The molecule has 1 aromatic rings. The van der Waals surface area contributed by atoms with Crippen molar-refractivity contribution in [2.75, 3.05) is 6.61 Å². The molecule has 1 aromatic carbocycles. The van der Waals surface area contributed by atoms with E-state index >= 15 is 0 Å². The molecule has 0 heterocycles. The number of benzene rings is 1. The lowest BCUT2D eigenvalue weighted by Crippen LogP contribution is -2.05. The predicted molar refractivity (Wildman–Crippen MR) is 82.8 cm³/mol. The van der Waals surface area contributed by atoms with Crippen LogP contribution in [0, 0.1) is 16.0 Å². The minimum atomic E-state index is -0.344. The molecule has 0 N–H and O–H groups in total. The fraction of sp³-hybridized carbons (Fsp3) is 0.385. The topological polar surface area (TPSA) is 52.4 Å². The Labute approximate surface area is 129 Å². The van der Waals surface area contributed by atoms with Gasteiger partial charge in [0.15, 0.2) is 0 Å². The molecule has 0 fully saturated rings. The van der Waals surface area contributed by atoms with Gasteiger partial charge in [-0.1, -0.05) is 13.8 Å². The highest BCUT2D eigenvalue weighted by atomic mass is 79.9. The number of nitrogens with zero attached hydrogens (tertiary/aromatic N) is 1. The lowest BCUT2D eigenvalue weighted by atomic mass is 10.1. The van der Waals surface area contributed by atoms with E-state index in [0.29, 0.717) is 12.4 Å². The molecule has 0 aliphatic carbocycles. The van der Waals surface area contributed by atoms with Gasteiger partial charge in [0.25, 0.3) is 0 Å². The van der Waals surface area contributed by atoms with Crippen molar-refractivity contribution in [2.24, 2.45) is 5.92 Å². The zero-order valence-corrected chi connectivity index (χ0v) is 14.1. The number of ether oxygens (including phenoxy) is 1. The summed E-state index contributed by atoms with van der Waals surface area (Å²) in [6.07, 6.45) is 1.58. The second-order valence-corrected chi connectivity index (χ2v) is 5.94. The van der Waals surface area contributed by atoms with Crippen molar-refractivity contribution in [1.82, 2.24) is 0 Å². The van der Waals surface area contributed by atoms with Crippen molar-refractivity contribution < 1.29 is 9.66 Å². The van der Waals surface area contributed by atoms with Crippen LogP contribution in [0.3, 0.4) is 0 Å². The van der Waals surface area contributed by atoms with Gasteiger partial charge >= 0.3 is 0 Å². The largest absolute Gasteiger partial charge is 0.492 e. The summed E-state index contributed by atoms with van der Waals surface area (Å²) in [5.74, 6) is 0.561. The first-order chi connectivity index (χ1) is 8.86. The second kappa shape index (κ2) is 7.05. The van der Waals surface area contributed by atoms with Gasteiger partial charge in [-0.25, -0.2) is 0 Å². The van der Waals surface area contributed by atoms with Crippen LogP contribution in [-0.4, -0.2) is 11.5 Å². The molecule has 0 aromatic heterocycles. The highest BCUT2D eigenvalue weighted by Gasteiger charge is 2.16. The summed E-state index contributed by atoms with van der Waals surface area (Å²) < 4.78 is 7.00. The molecule has 0 unspecified atom stereocenters. The monoisotopic (exact) mass is 391 g/mol. The third kappa shape index (κ3) is 4.31. The van der Waals surface area contributed by atoms with Crippen molar-refractivity contribution in [3.63, 3.8) is 0 Å². The van der Waals surface area contributed by atoms with Gasteiger partial charge in [0, 0.05) is 12.0 Å². The van der Waals surface area contributed by atoms with Gasteiger partial charge in [-0.05, 0) is 56.5 Å². The predicted octanol–water partition coefficient (Wildman–Crippen LogP) is 4.88. The van der Waals surface area contributed by atoms with Crippen LogP contribution in [-0.2, 0) is 0 Å². The minimum Gasteiger partial charge on any atom is -0.492 e. The van der Waals surface area contributed by atoms with Crippen molar-refractivity contribution in [1.29, 1.82) is 0 Å². The van der Waals surface area contributed by atoms with E-state index in [1.54, 1.807) is 19.9 Å². The third-order valence-corrected chi connectivity index (χ3v) is 3.60. The van der Waals surface area contributed by atoms with Crippen LogP contribution in [0.2, 0.25) is 0 Å². The van der Waals surface area contributed by atoms with E-state index in [1.165, 1.54) is 0 Å². The van der Waals surface area contributed by atoms with E-state index in [1.807, 2.05) is 19.1 Å². The summed E-state index contributed by atoms with van der Waals surface area (Å²) >= 11 is 6.82. The van der Waals surface area contributed by atoms with Crippen LogP contribution in [0.4, 0.5) is 0 Å². The molecule has 0 radical (unpaired) electrons. The molecule has 1 rings (SSSR count). The summed E-state index contributed by atoms with van der Waals surface area (Å²) in [6, 6.07) is 3.61. The molecular weight excluding hydrogens is 378 g/mol. The number of hydrogen-bond donors (Lipinski definition) is 0. The van der Waals surface area contributed by atoms with Gasteiger partial charge in [-0.2, -0.15) is 0 Å². The Morgan fingerprint density at radius 3 is 2.32 bits per heavy atom. The quantitative estimate of drug-likeness (QED) is 0.529. The Morgan fingerprint density at radius 2 is 1.95 bits per heavy atom. The van der Waals surface area contributed by atoms with Crippen LogP contribution in [0.5, 0.6) is 5.75 Å². The molecule has 0 bridgehead atoms. The van der Waals surface area contributed by atoms with Gasteiger partial charge in [0.05, 0.1) is 20.5 Å². The fourth-order valence-corrected chi connectivity index (χ4v) is 3.00. The Hall–Kier alpha value is -0.880. The molecule has 0 spiro atoms. The molecule has 0 aliphatic rings. The standard InChI is InChI=1S/C13H15Br2NO3/c1-4-19-13-10(14)5-9(6-11(13)15)7-12(8(2)3)16(17)18/h5-8H,4H2,1-3H3/b12-7-. The van der Waals surface area contributed by atoms with Crippen LogP contribution in [0.1, 0.15) is 26.3 Å². The smallest absolute Gasteiger partial charge is 0.249 e. The van der Waals surface area contributed by atoms with Crippen molar-refractivity contribution >= 4 is 37.9 Å². The maximum Gasteiger partial charge on any atom is 0.249 e. The number of hydrogen-bond acceptors (Lipinski definition) is 3. The van der Waals surface area contributed by atoms with Crippen molar-refractivity contribution in [3.8, 4) is 5.75 Å². The molecular formula is C13H15Br2NO3. The molecule has 0 saturated carbocycles. The van der Waals surface area contributed by atoms with Crippen LogP contribution >= 0.6 is 31.9 Å². The van der Waals surface area contributed by atoms with Crippen LogP contribution in [0.25, 0.3) is 6.08 Å². The first-order valence-corrected chi connectivity index (χ1v) is 7.43. The molecule has 6 heteroatoms. The third-order valence-electron chi connectivity index (χ3n) is 2.43. The van der Waals surface area contributed by atoms with Gasteiger partial charge in [0.2, 0.25) is 5.70 Å². The Balaban J connectivity index is 3.23. The van der Waals surface area contributed by atoms with Crippen LogP contribution in [0.15, 0.2) is 26.8 Å². The molecule has 0 amide bonds. The maximum absolute atomic E-state index is 11.0. The Bertz CT molecular complexity index is 490. The van der Waals surface area contributed by atoms with Gasteiger partial charge in [0.1, 0.15) is 5.75 Å². The minimum absolute atomic E-state index is 0.140. The fourth-order valence-electron chi connectivity index (χ4n) is 1.55. The van der Waals surface area contributed by atoms with E-state index < -0.39 is 0 Å². The Kier molecular flexibility index (Phi) is 6.00. The molecule has 0 saturated heterocycles. The SMILES string of the molecule is CCOc1c(Br)cc(/C=C(/C(C)C)[N+](=O)[O-])cc1Br. The highest BCUT2D eigenvalue weighted by Crippen LogP contribution is 2.35. The number of allylic oxidation sites excluding steroid dienone is 1. The molecule has 0 aliphatic heterocycles. The van der Waals surface area contributed by atoms with E-state index in [9.17, 15) is 10.1 Å². The second-order valence-electron chi connectivity index (χ2n) is 4.23. The first kappa shape index (κ1) is 16.2. The number of halogens is 2.